The summed E-state index contributed by atoms with van der Waals surface area (Å²) in [5, 5.41) is 14.0. The van der Waals surface area contributed by atoms with Crippen LogP contribution in [-0.4, -0.2) is 43.2 Å². The van der Waals surface area contributed by atoms with Crippen LogP contribution in [0.25, 0.3) is 11.3 Å². The fourth-order valence-corrected chi connectivity index (χ4v) is 3.86. The summed E-state index contributed by atoms with van der Waals surface area (Å²) in [4.78, 5) is 13.1. The molecule has 0 atom stereocenters. The highest BCUT2D eigenvalue weighted by molar-refractivity contribution is 7.99. The first kappa shape index (κ1) is 20.9. The van der Waals surface area contributed by atoms with Crippen molar-refractivity contribution in [1.29, 1.82) is 0 Å². The number of thioether (sulfide) groups is 1. The molecular weight excluding hydrogens is 410 g/mol. The van der Waals surface area contributed by atoms with Crippen molar-refractivity contribution in [3.8, 4) is 28.5 Å². The van der Waals surface area contributed by atoms with E-state index < -0.39 is 0 Å². The smallest absolute Gasteiger partial charge is 0.230 e. The Labute approximate surface area is 177 Å². The van der Waals surface area contributed by atoms with Gasteiger partial charge in [0.15, 0.2) is 11.5 Å². The van der Waals surface area contributed by atoms with Crippen LogP contribution in [0.3, 0.4) is 0 Å². The van der Waals surface area contributed by atoms with Crippen LogP contribution >= 0.6 is 23.1 Å². The van der Waals surface area contributed by atoms with Crippen molar-refractivity contribution in [2.24, 2.45) is 0 Å². The molecule has 0 saturated carbocycles. The summed E-state index contributed by atoms with van der Waals surface area (Å²) in [7, 11) is 4.69. The van der Waals surface area contributed by atoms with E-state index in [0.717, 1.165) is 10.4 Å². The first-order chi connectivity index (χ1) is 14.1. The van der Waals surface area contributed by atoms with Gasteiger partial charge in [-0.3, -0.25) is 4.79 Å². The van der Waals surface area contributed by atoms with Crippen molar-refractivity contribution in [2.45, 2.75) is 11.6 Å². The fraction of sp³-hybridized carbons (Fsp3) is 0.250. The maximum Gasteiger partial charge on any atom is 0.230 e. The molecule has 3 aromatic rings. The second-order valence-corrected chi connectivity index (χ2v) is 7.84. The Morgan fingerprint density at radius 2 is 1.83 bits per heavy atom. The van der Waals surface area contributed by atoms with Gasteiger partial charge in [0.1, 0.15) is 5.03 Å². The quantitative estimate of drug-likeness (QED) is 0.518. The van der Waals surface area contributed by atoms with Crippen molar-refractivity contribution in [2.75, 3.05) is 27.1 Å². The molecule has 0 aliphatic carbocycles. The Balaban J connectivity index is 1.63. The number of rotatable bonds is 9. The summed E-state index contributed by atoms with van der Waals surface area (Å²) < 4.78 is 16.1. The highest BCUT2D eigenvalue weighted by atomic mass is 32.2. The second kappa shape index (κ2) is 10.1. The van der Waals surface area contributed by atoms with Gasteiger partial charge in [-0.2, -0.15) is 0 Å². The van der Waals surface area contributed by atoms with Gasteiger partial charge in [0, 0.05) is 10.4 Å². The van der Waals surface area contributed by atoms with E-state index >= 15 is 0 Å². The third-order valence-electron chi connectivity index (χ3n) is 3.99. The van der Waals surface area contributed by atoms with Crippen molar-refractivity contribution in [1.82, 2.24) is 15.5 Å². The molecule has 0 saturated heterocycles. The predicted molar refractivity (Wildman–Crippen MR) is 114 cm³/mol. The van der Waals surface area contributed by atoms with Crippen LogP contribution in [0.2, 0.25) is 0 Å². The lowest BCUT2D eigenvalue weighted by molar-refractivity contribution is -0.118. The molecular formula is C20H21N3O4S2. The van der Waals surface area contributed by atoms with Gasteiger partial charge in [0.2, 0.25) is 11.7 Å². The molecule has 1 aromatic carbocycles. The Hall–Kier alpha value is -2.78. The number of nitrogens with zero attached hydrogens (tertiary/aromatic N) is 2. The number of thiophene rings is 1. The van der Waals surface area contributed by atoms with Gasteiger partial charge in [0.05, 0.1) is 39.3 Å². The van der Waals surface area contributed by atoms with E-state index in [1.165, 1.54) is 11.8 Å². The van der Waals surface area contributed by atoms with Crippen molar-refractivity contribution < 1.29 is 19.0 Å². The lowest BCUT2D eigenvalue weighted by Crippen LogP contribution is -2.24. The maximum absolute atomic E-state index is 12.0. The summed E-state index contributed by atoms with van der Waals surface area (Å²) in [5.41, 5.74) is 1.45. The summed E-state index contributed by atoms with van der Waals surface area (Å²) in [6, 6.07) is 11.3. The van der Waals surface area contributed by atoms with Gasteiger partial charge in [-0.15, -0.1) is 21.5 Å². The van der Waals surface area contributed by atoms with Crippen LogP contribution in [0.5, 0.6) is 17.2 Å². The monoisotopic (exact) mass is 431 g/mol. The topological polar surface area (TPSA) is 82.6 Å². The van der Waals surface area contributed by atoms with Gasteiger partial charge < -0.3 is 19.5 Å². The van der Waals surface area contributed by atoms with Crippen LogP contribution < -0.4 is 19.5 Å². The molecule has 29 heavy (non-hydrogen) atoms. The number of carbonyl (C=O) groups is 1. The first-order valence-electron chi connectivity index (χ1n) is 8.70. The average Bonchev–Trinajstić information content (AvgIpc) is 3.29. The molecule has 0 aliphatic rings. The van der Waals surface area contributed by atoms with E-state index in [-0.39, 0.29) is 11.7 Å². The van der Waals surface area contributed by atoms with Gasteiger partial charge in [-0.05, 0) is 35.7 Å². The number of carbonyl (C=O) groups excluding carboxylic acids is 1. The van der Waals surface area contributed by atoms with E-state index in [1.54, 1.807) is 32.7 Å². The normalized spacial score (nSPS) is 10.4. The van der Waals surface area contributed by atoms with E-state index in [1.807, 2.05) is 41.8 Å². The SMILES string of the molecule is COc1cc(-c2ccc(SCC(=O)NCc3cccs3)nn2)cc(OC)c1OC. The first-order valence-corrected chi connectivity index (χ1v) is 10.6. The Morgan fingerprint density at radius 1 is 1.07 bits per heavy atom. The zero-order valence-electron chi connectivity index (χ0n) is 16.3. The minimum atomic E-state index is -0.0427. The number of hydrogen-bond donors (Lipinski definition) is 1. The minimum absolute atomic E-state index is 0.0427. The molecule has 9 heteroatoms. The van der Waals surface area contributed by atoms with Crippen molar-refractivity contribution in [3.63, 3.8) is 0 Å². The zero-order valence-corrected chi connectivity index (χ0v) is 17.9. The molecule has 2 heterocycles. The van der Waals surface area contributed by atoms with Gasteiger partial charge >= 0.3 is 0 Å². The van der Waals surface area contributed by atoms with Gasteiger partial charge in [0.25, 0.3) is 0 Å². The lowest BCUT2D eigenvalue weighted by atomic mass is 10.1. The minimum Gasteiger partial charge on any atom is -0.493 e. The summed E-state index contributed by atoms with van der Waals surface area (Å²) in [6.07, 6.45) is 0. The summed E-state index contributed by atoms with van der Waals surface area (Å²) in [5.74, 6) is 1.85. The highest BCUT2D eigenvalue weighted by Crippen LogP contribution is 2.40. The summed E-state index contributed by atoms with van der Waals surface area (Å²) >= 11 is 2.96. The molecule has 0 aliphatic heterocycles. The molecule has 0 bridgehead atoms. The molecule has 1 amide bonds. The molecule has 2 aromatic heterocycles. The number of methoxy groups -OCH3 is 3. The number of benzene rings is 1. The van der Waals surface area contributed by atoms with Crippen LogP contribution in [0.15, 0.2) is 46.8 Å². The Morgan fingerprint density at radius 3 is 2.38 bits per heavy atom. The van der Waals surface area contributed by atoms with E-state index in [4.69, 9.17) is 14.2 Å². The number of hydrogen-bond acceptors (Lipinski definition) is 8. The largest absolute Gasteiger partial charge is 0.493 e. The molecule has 7 nitrogen and oxygen atoms in total. The van der Waals surface area contributed by atoms with Crippen LogP contribution in [-0.2, 0) is 11.3 Å². The number of nitrogens with one attached hydrogen (secondary N) is 1. The molecule has 3 rings (SSSR count). The van der Waals surface area contributed by atoms with Crippen LogP contribution in [0, 0.1) is 0 Å². The maximum atomic E-state index is 12.0. The molecule has 0 fully saturated rings. The second-order valence-electron chi connectivity index (χ2n) is 5.82. The fourth-order valence-electron chi connectivity index (χ4n) is 2.57. The number of ether oxygens (including phenoxy) is 3. The molecule has 0 radical (unpaired) electrons. The van der Waals surface area contributed by atoms with Crippen LogP contribution in [0.1, 0.15) is 4.88 Å². The molecule has 0 unspecified atom stereocenters. The summed E-state index contributed by atoms with van der Waals surface area (Å²) in [6.45, 7) is 0.544. The van der Waals surface area contributed by atoms with Gasteiger partial charge in [-0.25, -0.2) is 0 Å². The van der Waals surface area contributed by atoms with Crippen LogP contribution in [0.4, 0.5) is 0 Å². The molecule has 0 spiro atoms. The van der Waals surface area contributed by atoms with Gasteiger partial charge in [-0.1, -0.05) is 17.8 Å². The Kier molecular flexibility index (Phi) is 7.31. The highest BCUT2D eigenvalue weighted by Gasteiger charge is 2.15. The van der Waals surface area contributed by atoms with Crippen molar-refractivity contribution >= 4 is 29.0 Å². The molecule has 152 valence electrons. The number of amides is 1. The van der Waals surface area contributed by atoms with E-state index in [0.29, 0.717) is 34.5 Å². The molecule has 1 N–H and O–H groups in total. The lowest BCUT2D eigenvalue weighted by Gasteiger charge is -2.13. The zero-order chi connectivity index (χ0) is 20.6. The Bertz CT molecular complexity index is 922. The van der Waals surface area contributed by atoms with E-state index in [9.17, 15) is 4.79 Å². The van der Waals surface area contributed by atoms with E-state index in [2.05, 4.69) is 15.5 Å². The third kappa shape index (κ3) is 5.39. The standard InChI is InChI=1S/C20H21N3O4S2/c1-25-16-9-13(10-17(26-2)20(16)27-3)15-6-7-19(23-22-15)29-12-18(24)21-11-14-5-4-8-28-14/h4-10H,11-12H2,1-3H3,(H,21,24). The average molecular weight is 432 g/mol. The third-order valence-corrected chi connectivity index (χ3v) is 5.79. The predicted octanol–water partition coefficient (Wildman–Crippen LogP) is 3.64. The van der Waals surface area contributed by atoms with Crippen molar-refractivity contribution in [3.05, 3.63) is 46.7 Å². The number of aromatic nitrogens is 2.